The van der Waals surface area contributed by atoms with Crippen LogP contribution in [0.5, 0.6) is 0 Å². The van der Waals surface area contributed by atoms with Crippen LogP contribution >= 0.6 is 0 Å². The molecule has 9 heteroatoms. The normalized spacial score (nSPS) is 20.1. The number of nitrogens with zero attached hydrogens (tertiary/aromatic N) is 4. The molecule has 3 rings (SSSR count). The summed E-state index contributed by atoms with van der Waals surface area (Å²) in [6.07, 6.45) is 1.48. The second kappa shape index (κ2) is 5.85. The standard InChI is InChI=1S/C13H17N5O4/c1-17-11-9(4-14-17)12(19)16-10(15-11)6-18-2-3-22-7-8(5-18)13(20)21/h4,8H,2-3,5-7H2,1H3,(H,20,21)(H,15,16,19). The average molecular weight is 307 g/mol. The van der Waals surface area contributed by atoms with Crippen LogP contribution < -0.4 is 5.56 Å². The number of hydrogen-bond acceptors (Lipinski definition) is 6. The molecule has 0 amide bonds. The third kappa shape index (κ3) is 2.85. The number of ether oxygens (including phenoxy) is 1. The van der Waals surface area contributed by atoms with Gasteiger partial charge in [0.05, 0.1) is 31.9 Å². The quantitative estimate of drug-likeness (QED) is 0.762. The smallest absolute Gasteiger partial charge is 0.310 e. The highest BCUT2D eigenvalue weighted by Gasteiger charge is 2.25. The predicted octanol–water partition coefficient (Wildman–Crippen LogP) is -0.810. The van der Waals surface area contributed by atoms with E-state index in [1.165, 1.54) is 6.20 Å². The first kappa shape index (κ1) is 14.7. The Morgan fingerprint density at radius 3 is 3.18 bits per heavy atom. The van der Waals surface area contributed by atoms with E-state index in [1.54, 1.807) is 11.7 Å². The highest BCUT2D eigenvalue weighted by Crippen LogP contribution is 2.11. The van der Waals surface area contributed by atoms with Gasteiger partial charge in [0.25, 0.3) is 5.56 Å². The van der Waals surface area contributed by atoms with Crippen LogP contribution in [0, 0.1) is 5.92 Å². The fraction of sp³-hybridized carbons (Fsp3) is 0.538. The van der Waals surface area contributed by atoms with Gasteiger partial charge in [0.2, 0.25) is 0 Å². The minimum absolute atomic E-state index is 0.205. The van der Waals surface area contributed by atoms with E-state index in [0.29, 0.717) is 43.1 Å². The fourth-order valence-corrected chi connectivity index (χ4v) is 2.53. The van der Waals surface area contributed by atoms with Crippen LogP contribution in [0.4, 0.5) is 0 Å². The maximum atomic E-state index is 12.0. The van der Waals surface area contributed by atoms with Gasteiger partial charge in [0.1, 0.15) is 11.2 Å². The number of aromatic nitrogens is 4. The molecule has 9 nitrogen and oxygen atoms in total. The Morgan fingerprint density at radius 1 is 1.59 bits per heavy atom. The molecule has 3 heterocycles. The molecule has 22 heavy (non-hydrogen) atoms. The highest BCUT2D eigenvalue weighted by atomic mass is 16.5. The minimum Gasteiger partial charge on any atom is -0.481 e. The number of fused-ring (bicyclic) bond motifs is 1. The zero-order valence-electron chi connectivity index (χ0n) is 12.2. The lowest BCUT2D eigenvalue weighted by molar-refractivity contribution is -0.143. The summed E-state index contributed by atoms with van der Waals surface area (Å²) in [6, 6.07) is 0. The van der Waals surface area contributed by atoms with Crippen LogP contribution in [0.1, 0.15) is 5.82 Å². The summed E-state index contributed by atoms with van der Waals surface area (Å²) in [4.78, 5) is 32.2. The number of aromatic amines is 1. The summed E-state index contributed by atoms with van der Waals surface area (Å²) in [6.45, 7) is 1.99. The molecule has 1 atom stereocenters. The van der Waals surface area contributed by atoms with Gasteiger partial charge >= 0.3 is 5.97 Å². The van der Waals surface area contributed by atoms with E-state index in [9.17, 15) is 9.59 Å². The van der Waals surface area contributed by atoms with Gasteiger partial charge in [-0.2, -0.15) is 5.10 Å². The molecular weight excluding hydrogens is 290 g/mol. The van der Waals surface area contributed by atoms with E-state index < -0.39 is 11.9 Å². The average Bonchev–Trinajstić information content (AvgIpc) is 2.70. The molecule has 1 saturated heterocycles. The Balaban J connectivity index is 1.84. The van der Waals surface area contributed by atoms with Crippen LogP contribution in [0.2, 0.25) is 0 Å². The summed E-state index contributed by atoms with van der Waals surface area (Å²) in [5.41, 5.74) is 0.272. The van der Waals surface area contributed by atoms with E-state index in [4.69, 9.17) is 9.84 Å². The zero-order valence-corrected chi connectivity index (χ0v) is 12.2. The van der Waals surface area contributed by atoms with Crippen LogP contribution in [0.3, 0.4) is 0 Å². The Bertz CT molecular complexity index is 752. The maximum absolute atomic E-state index is 12.0. The molecule has 1 fully saturated rings. The van der Waals surface area contributed by atoms with Crippen molar-refractivity contribution < 1.29 is 14.6 Å². The maximum Gasteiger partial charge on any atom is 0.310 e. The SMILES string of the molecule is Cn1ncc2c(=O)[nH]c(CN3CCOCC(C(=O)O)C3)nc21. The van der Waals surface area contributed by atoms with Crippen LogP contribution in [0.25, 0.3) is 11.0 Å². The third-order valence-electron chi connectivity index (χ3n) is 3.72. The topological polar surface area (TPSA) is 113 Å². The molecule has 2 aromatic rings. The molecule has 0 bridgehead atoms. The predicted molar refractivity (Wildman–Crippen MR) is 76.4 cm³/mol. The van der Waals surface area contributed by atoms with Crippen molar-refractivity contribution in [3.8, 4) is 0 Å². The number of carboxylic acid groups (broad SMARTS) is 1. The van der Waals surface area contributed by atoms with Crippen molar-refractivity contribution in [3.05, 3.63) is 22.4 Å². The molecular formula is C13H17N5O4. The summed E-state index contributed by atoms with van der Waals surface area (Å²) in [5.74, 6) is -0.961. The number of hydrogen-bond donors (Lipinski definition) is 2. The molecule has 2 aromatic heterocycles. The van der Waals surface area contributed by atoms with Gasteiger partial charge in [0.15, 0.2) is 5.65 Å². The van der Waals surface area contributed by atoms with Gasteiger partial charge in [-0.15, -0.1) is 0 Å². The summed E-state index contributed by atoms with van der Waals surface area (Å²) < 4.78 is 6.85. The van der Waals surface area contributed by atoms with Crippen LogP contribution in [-0.2, 0) is 23.1 Å². The lowest BCUT2D eigenvalue weighted by Gasteiger charge is -2.20. The van der Waals surface area contributed by atoms with E-state index in [-0.39, 0.29) is 12.2 Å². The van der Waals surface area contributed by atoms with Crippen molar-refractivity contribution in [2.24, 2.45) is 13.0 Å². The first-order valence-electron chi connectivity index (χ1n) is 6.98. The Hall–Kier alpha value is -2.26. The van der Waals surface area contributed by atoms with E-state index >= 15 is 0 Å². The van der Waals surface area contributed by atoms with Gasteiger partial charge in [0, 0.05) is 20.1 Å². The molecule has 0 aliphatic carbocycles. The minimum atomic E-state index is -0.879. The molecule has 2 N–H and O–H groups in total. The molecule has 1 aliphatic heterocycles. The van der Waals surface area contributed by atoms with E-state index in [2.05, 4.69) is 15.1 Å². The Kier molecular flexibility index (Phi) is 3.90. The number of H-pyrrole nitrogens is 1. The molecule has 1 unspecified atom stereocenters. The fourth-order valence-electron chi connectivity index (χ4n) is 2.53. The molecule has 0 spiro atoms. The second-order valence-corrected chi connectivity index (χ2v) is 5.36. The Labute approximate surface area is 125 Å². The van der Waals surface area contributed by atoms with E-state index in [0.717, 1.165) is 0 Å². The van der Waals surface area contributed by atoms with Crippen molar-refractivity contribution >= 4 is 17.0 Å². The molecule has 0 saturated carbocycles. The van der Waals surface area contributed by atoms with Crippen LogP contribution in [0.15, 0.2) is 11.0 Å². The lowest BCUT2D eigenvalue weighted by atomic mass is 10.1. The van der Waals surface area contributed by atoms with E-state index in [1.807, 2.05) is 4.90 Å². The second-order valence-electron chi connectivity index (χ2n) is 5.36. The molecule has 1 aliphatic rings. The summed E-state index contributed by atoms with van der Waals surface area (Å²) in [7, 11) is 1.72. The number of nitrogens with one attached hydrogen (secondary N) is 1. The van der Waals surface area contributed by atoms with Crippen molar-refractivity contribution in [2.45, 2.75) is 6.54 Å². The largest absolute Gasteiger partial charge is 0.481 e. The van der Waals surface area contributed by atoms with Crippen molar-refractivity contribution in [3.63, 3.8) is 0 Å². The van der Waals surface area contributed by atoms with Gasteiger partial charge in [-0.3, -0.25) is 19.2 Å². The third-order valence-corrected chi connectivity index (χ3v) is 3.72. The van der Waals surface area contributed by atoms with Gasteiger partial charge < -0.3 is 14.8 Å². The van der Waals surface area contributed by atoms with Gasteiger partial charge in [-0.05, 0) is 0 Å². The summed E-state index contributed by atoms with van der Waals surface area (Å²) >= 11 is 0. The molecule has 0 aromatic carbocycles. The van der Waals surface area contributed by atoms with Gasteiger partial charge in [-0.25, -0.2) is 4.98 Å². The first-order valence-corrected chi connectivity index (χ1v) is 6.98. The number of carbonyl (C=O) groups is 1. The summed E-state index contributed by atoms with van der Waals surface area (Å²) in [5, 5.41) is 13.6. The lowest BCUT2D eigenvalue weighted by Crippen LogP contribution is -2.34. The van der Waals surface area contributed by atoms with Gasteiger partial charge in [-0.1, -0.05) is 0 Å². The number of carboxylic acids is 1. The van der Waals surface area contributed by atoms with Crippen molar-refractivity contribution in [2.75, 3.05) is 26.3 Å². The zero-order chi connectivity index (χ0) is 15.7. The van der Waals surface area contributed by atoms with Crippen molar-refractivity contribution in [1.82, 2.24) is 24.6 Å². The first-order chi connectivity index (χ1) is 10.5. The Morgan fingerprint density at radius 2 is 2.41 bits per heavy atom. The molecule has 118 valence electrons. The molecule has 0 radical (unpaired) electrons. The van der Waals surface area contributed by atoms with Crippen molar-refractivity contribution in [1.29, 1.82) is 0 Å². The van der Waals surface area contributed by atoms with Crippen LogP contribution in [-0.4, -0.2) is 62.0 Å². The number of aryl methyl sites for hydroxylation is 1. The number of aliphatic carboxylic acids is 1. The number of rotatable bonds is 3. The monoisotopic (exact) mass is 307 g/mol. The highest BCUT2D eigenvalue weighted by molar-refractivity contribution is 5.73.